The summed E-state index contributed by atoms with van der Waals surface area (Å²) in [5.74, 6) is -0.779. The van der Waals surface area contributed by atoms with Gasteiger partial charge in [-0.2, -0.15) is 5.10 Å². The lowest BCUT2D eigenvalue weighted by Gasteiger charge is -2.15. The monoisotopic (exact) mass is 210 g/mol. The molecule has 0 aliphatic carbocycles. The Bertz CT molecular complexity index is 331. The van der Waals surface area contributed by atoms with E-state index in [9.17, 15) is 4.79 Å². The fraction of sp³-hybridized carbons (Fsp3) is 0.636. The van der Waals surface area contributed by atoms with E-state index in [1.165, 1.54) is 0 Å². The second-order valence-corrected chi connectivity index (χ2v) is 4.25. The van der Waals surface area contributed by atoms with Crippen molar-refractivity contribution >= 4 is 5.97 Å². The average molecular weight is 210 g/mol. The van der Waals surface area contributed by atoms with Crippen LogP contribution in [-0.2, 0) is 18.3 Å². The van der Waals surface area contributed by atoms with Gasteiger partial charge in [0.1, 0.15) is 0 Å². The van der Waals surface area contributed by atoms with Crippen LogP contribution in [0.5, 0.6) is 0 Å². The highest BCUT2D eigenvalue weighted by atomic mass is 16.4. The summed E-state index contributed by atoms with van der Waals surface area (Å²) < 4.78 is 1.74. The van der Waals surface area contributed by atoms with E-state index >= 15 is 0 Å². The molecule has 0 bridgehead atoms. The summed E-state index contributed by atoms with van der Waals surface area (Å²) in [5, 5.41) is 13.1. The van der Waals surface area contributed by atoms with Crippen molar-refractivity contribution in [1.29, 1.82) is 0 Å². The molecule has 0 aromatic carbocycles. The Morgan fingerprint density at radius 2 is 2.27 bits per heavy atom. The number of rotatable bonds is 5. The van der Waals surface area contributed by atoms with Crippen LogP contribution < -0.4 is 0 Å². The minimum Gasteiger partial charge on any atom is -0.481 e. The predicted octanol–water partition coefficient (Wildman–Crippen LogP) is 1.71. The van der Waals surface area contributed by atoms with Gasteiger partial charge >= 0.3 is 5.97 Å². The van der Waals surface area contributed by atoms with E-state index in [1.807, 2.05) is 27.1 Å². The molecule has 4 nitrogen and oxygen atoms in total. The molecule has 0 aliphatic heterocycles. The highest BCUT2D eigenvalue weighted by Crippen LogP contribution is 2.18. The zero-order valence-corrected chi connectivity index (χ0v) is 9.47. The number of aryl methyl sites for hydroxylation is 2. The summed E-state index contributed by atoms with van der Waals surface area (Å²) in [6.07, 6.45) is 5.18. The lowest BCUT2D eigenvalue weighted by molar-refractivity contribution is -0.143. The Balaban J connectivity index is 2.50. The van der Waals surface area contributed by atoms with Crippen LogP contribution in [0.2, 0.25) is 0 Å². The van der Waals surface area contributed by atoms with Crippen molar-refractivity contribution in [2.45, 2.75) is 26.7 Å². The number of hydrogen-bond acceptors (Lipinski definition) is 2. The molecule has 84 valence electrons. The quantitative estimate of drug-likeness (QED) is 0.805. The van der Waals surface area contributed by atoms with Gasteiger partial charge in [0.05, 0.1) is 12.1 Å². The van der Waals surface area contributed by atoms with Crippen molar-refractivity contribution in [3.8, 4) is 0 Å². The van der Waals surface area contributed by atoms with E-state index in [1.54, 1.807) is 10.9 Å². The van der Waals surface area contributed by atoms with E-state index in [-0.39, 0.29) is 11.8 Å². The molecule has 1 aromatic rings. The standard InChI is InChI=1S/C11H18N2O2/c1-8(2)10(11(14)15)5-4-9-6-12-13(3)7-9/h6-8,10H,4-5H2,1-3H3,(H,14,15). The molecule has 1 N–H and O–H groups in total. The van der Waals surface area contributed by atoms with E-state index in [0.717, 1.165) is 12.0 Å². The molecule has 0 radical (unpaired) electrons. The molecule has 0 saturated carbocycles. The van der Waals surface area contributed by atoms with Crippen molar-refractivity contribution in [2.75, 3.05) is 0 Å². The molecule has 0 spiro atoms. The van der Waals surface area contributed by atoms with Crippen LogP contribution in [0.15, 0.2) is 12.4 Å². The van der Waals surface area contributed by atoms with Crippen LogP contribution in [0.3, 0.4) is 0 Å². The SMILES string of the molecule is CC(C)C(CCc1cnn(C)c1)C(=O)O. The molecular formula is C11H18N2O2. The Morgan fingerprint density at radius 1 is 1.60 bits per heavy atom. The second kappa shape index (κ2) is 4.96. The van der Waals surface area contributed by atoms with Crippen molar-refractivity contribution in [3.63, 3.8) is 0 Å². The Hall–Kier alpha value is -1.32. The van der Waals surface area contributed by atoms with Gasteiger partial charge in [0.15, 0.2) is 0 Å². The first kappa shape index (κ1) is 11.8. The van der Waals surface area contributed by atoms with Crippen molar-refractivity contribution in [2.24, 2.45) is 18.9 Å². The van der Waals surface area contributed by atoms with Crippen molar-refractivity contribution < 1.29 is 9.90 Å². The number of carboxylic acids is 1. The number of aromatic nitrogens is 2. The lowest BCUT2D eigenvalue weighted by atomic mass is 9.90. The minimum atomic E-state index is -0.700. The number of carbonyl (C=O) groups is 1. The first-order valence-corrected chi connectivity index (χ1v) is 5.21. The molecule has 1 aromatic heterocycles. The summed E-state index contributed by atoms with van der Waals surface area (Å²) in [5.41, 5.74) is 1.10. The minimum absolute atomic E-state index is 0.180. The van der Waals surface area contributed by atoms with E-state index < -0.39 is 5.97 Å². The van der Waals surface area contributed by atoms with Gasteiger partial charge in [-0.05, 0) is 24.3 Å². The molecular weight excluding hydrogens is 192 g/mol. The normalized spacial score (nSPS) is 13.1. The smallest absolute Gasteiger partial charge is 0.306 e. The highest BCUT2D eigenvalue weighted by Gasteiger charge is 2.20. The van der Waals surface area contributed by atoms with Crippen LogP contribution in [-0.4, -0.2) is 20.9 Å². The summed E-state index contributed by atoms with van der Waals surface area (Å²) in [6.45, 7) is 3.89. The maximum atomic E-state index is 10.9. The van der Waals surface area contributed by atoms with Gasteiger partial charge in [0, 0.05) is 13.2 Å². The summed E-state index contributed by atoms with van der Waals surface area (Å²) in [4.78, 5) is 10.9. The fourth-order valence-corrected chi connectivity index (χ4v) is 1.67. The number of hydrogen-bond donors (Lipinski definition) is 1. The van der Waals surface area contributed by atoms with Crippen molar-refractivity contribution in [3.05, 3.63) is 18.0 Å². The molecule has 0 saturated heterocycles. The van der Waals surface area contributed by atoms with Crippen LogP contribution >= 0.6 is 0 Å². The van der Waals surface area contributed by atoms with Crippen LogP contribution in [0.25, 0.3) is 0 Å². The van der Waals surface area contributed by atoms with Crippen molar-refractivity contribution in [1.82, 2.24) is 9.78 Å². The fourth-order valence-electron chi connectivity index (χ4n) is 1.67. The molecule has 15 heavy (non-hydrogen) atoms. The molecule has 1 unspecified atom stereocenters. The third-order valence-corrected chi connectivity index (χ3v) is 2.62. The topological polar surface area (TPSA) is 55.1 Å². The number of carboxylic acid groups (broad SMARTS) is 1. The van der Waals surface area contributed by atoms with Gasteiger partial charge < -0.3 is 5.11 Å². The third-order valence-electron chi connectivity index (χ3n) is 2.62. The maximum absolute atomic E-state index is 10.9. The molecule has 1 rings (SSSR count). The summed E-state index contributed by atoms with van der Waals surface area (Å²) in [7, 11) is 1.86. The highest BCUT2D eigenvalue weighted by molar-refractivity contribution is 5.70. The summed E-state index contributed by atoms with van der Waals surface area (Å²) in [6, 6.07) is 0. The van der Waals surface area contributed by atoms with E-state index in [0.29, 0.717) is 6.42 Å². The van der Waals surface area contributed by atoms with Gasteiger partial charge in [0.25, 0.3) is 0 Å². The Kier molecular flexibility index (Phi) is 3.88. The Morgan fingerprint density at radius 3 is 2.67 bits per heavy atom. The molecule has 4 heteroatoms. The maximum Gasteiger partial charge on any atom is 0.306 e. The molecule has 1 heterocycles. The lowest BCUT2D eigenvalue weighted by Crippen LogP contribution is -2.20. The van der Waals surface area contributed by atoms with Gasteiger partial charge in [-0.25, -0.2) is 0 Å². The van der Waals surface area contributed by atoms with Gasteiger partial charge in [-0.3, -0.25) is 9.48 Å². The third kappa shape index (κ3) is 3.38. The average Bonchev–Trinajstić information content (AvgIpc) is 2.50. The van der Waals surface area contributed by atoms with Gasteiger partial charge in [-0.1, -0.05) is 13.8 Å². The largest absolute Gasteiger partial charge is 0.481 e. The predicted molar refractivity (Wildman–Crippen MR) is 57.5 cm³/mol. The van der Waals surface area contributed by atoms with E-state index in [2.05, 4.69) is 5.10 Å². The van der Waals surface area contributed by atoms with Crippen LogP contribution in [0, 0.1) is 11.8 Å². The molecule has 0 aliphatic rings. The van der Waals surface area contributed by atoms with Crippen LogP contribution in [0.1, 0.15) is 25.8 Å². The molecule has 0 fully saturated rings. The summed E-state index contributed by atoms with van der Waals surface area (Å²) >= 11 is 0. The Labute approximate surface area is 89.9 Å². The number of aliphatic carboxylic acids is 1. The first-order chi connectivity index (χ1) is 7.00. The zero-order chi connectivity index (χ0) is 11.4. The zero-order valence-electron chi connectivity index (χ0n) is 9.47. The molecule has 0 amide bonds. The first-order valence-electron chi connectivity index (χ1n) is 5.21. The number of nitrogens with zero attached hydrogens (tertiary/aromatic N) is 2. The van der Waals surface area contributed by atoms with E-state index in [4.69, 9.17) is 5.11 Å². The van der Waals surface area contributed by atoms with Gasteiger partial charge in [0.2, 0.25) is 0 Å². The molecule has 1 atom stereocenters. The van der Waals surface area contributed by atoms with Crippen LogP contribution in [0.4, 0.5) is 0 Å². The van der Waals surface area contributed by atoms with Gasteiger partial charge in [-0.15, -0.1) is 0 Å². The second-order valence-electron chi connectivity index (χ2n) is 4.25.